The van der Waals surface area contributed by atoms with Crippen LogP contribution in [0.5, 0.6) is 5.75 Å². The number of hydrogen-bond donors (Lipinski definition) is 1. The van der Waals surface area contributed by atoms with Crippen LogP contribution in [0.4, 0.5) is 4.39 Å². The Morgan fingerprint density at radius 3 is 2.87 bits per heavy atom. The van der Waals surface area contributed by atoms with E-state index in [4.69, 9.17) is 9.84 Å². The maximum Gasteiger partial charge on any atom is 0.254 e. The summed E-state index contributed by atoms with van der Waals surface area (Å²) in [5.74, 6) is 0.319. The van der Waals surface area contributed by atoms with Crippen molar-refractivity contribution in [2.75, 3.05) is 19.7 Å². The van der Waals surface area contributed by atoms with Crippen LogP contribution in [0.3, 0.4) is 0 Å². The number of benzene rings is 2. The Morgan fingerprint density at radius 2 is 2.09 bits per heavy atom. The van der Waals surface area contributed by atoms with Gasteiger partial charge in [0, 0.05) is 18.7 Å². The van der Waals surface area contributed by atoms with E-state index in [1.165, 1.54) is 12.1 Å². The summed E-state index contributed by atoms with van der Waals surface area (Å²) in [6.07, 6.45) is 0.734. The predicted octanol–water partition coefficient (Wildman–Crippen LogP) is 2.40. The minimum absolute atomic E-state index is 0.0318. The number of carbonyl (C=O) groups excluding carboxylic acids is 1. The molecule has 0 bridgehead atoms. The fraction of sp³-hybridized carbons (Fsp3) is 0.278. The summed E-state index contributed by atoms with van der Waals surface area (Å²) < 4.78 is 18.8. The Bertz CT molecular complexity index is 717. The fourth-order valence-electron chi connectivity index (χ4n) is 2.73. The first kappa shape index (κ1) is 15.5. The first-order valence-electron chi connectivity index (χ1n) is 7.57. The molecule has 0 fully saturated rings. The van der Waals surface area contributed by atoms with Gasteiger partial charge in [-0.25, -0.2) is 4.39 Å². The van der Waals surface area contributed by atoms with E-state index in [1.807, 2.05) is 6.07 Å². The Kier molecular flexibility index (Phi) is 4.57. The van der Waals surface area contributed by atoms with Gasteiger partial charge in [0.15, 0.2) is 0 Å². The van der Waals surface area contributed by atoms with Gasteiger partial charge in [0.25, 0.3) is 5.91 Å². The van der Waals surface area contributed by atoms with E-state index >= 15 is 0 Å². The van der Waals surface area contributed by atoms with Gasteiger partial charge in [-0.1, -0.05) is 12.1 Å². The van der Waals surface area contributed by atoms with Crippen LogP contribution in [-0.2, 0) is 13.0 Å². The smallest absolute Gasteiger partial charge is 0.254 e. The second-order valence-corrected chi connectivity index (χ2v) is 5.50. The highest BCUT2D eigenvalue weighted by molar-refractivity contribution is 5.96. The summed E-state index contributed by atoms with van der Waals surface area (Å²) in [6, 6.07) is 11.7. The van der Waals surface area contributed by atoms with Crippen molar-refractivity contribution in [1.82, 2.24) is 4.90 Å². The van der Waals surface area contributed by atoms with E-state index in [9.17, 15) is 9.18 Å². The molecule has 0 aromatic heterocycles. The third kappa shape index (κ3) is 3.51. The highest BCUT2D eigenvalue weighted by atomic mass is 19.1. The average Bonchev–Trinajstić information content (AvgIpc) is 2.56. The molecular formula is C18H18FNO3. The molecule has 120 valence electrons. The summed E-state index contributed by atoms with van der Waals surface area (Å²) in [6.45, 7) is 1.20. The quantitative estimate of drug-likeness (QED) is 0.922. The molecule has 0 spiro atoms. The minimum Gasteiger partial charge on any atom is -0.489 e. The summed E-state index contributed by atoms with van der Waals surface area (Å²) in [7, 11) is 0. The number of fused-ring (bicyclic) bond motifs is 1. The number of rotatable bonds is 5. The molecule has 0 atom stereocenters. The topological polar surface area (TPSA) is 49.8 Å². The zero-order valence-electron chi connectivity index (χ0n) is 12.7. The van der Waals surface area contributed by atoms with Gasteiger partial charge in [-0.2, -0.15) is 0 Å². The van der Waals surface area contributed by atoms with Gasteiger partial charge in [0.2, 0.25) is 0 Å². The Balaban J connectivity index is 1.71. The fourth-order valence-corrected chi connectivity index (χ4v) is 2.73. The molecule has 0 radical (unpaired) electrons. The standard InChI is InChI=1S/C18H18FNO3/c19-15-3-1-2-13(10-15)12-23-16-4-5-17-14(11-16)6-7-20(8-9-21)18(17)22/h1-5,10-11,21H,6-9,12H2. The van der Waals surface area contributed by atoms with Crippen molar-refractivity contribution < 1.29 is 19.0 Å². The lowest BCUT2D eigenvalue weighted by Gasteiger charge is -2.28. The number of halogens is 1. The highest BCUT2D eigenvalue weighted by Gasteiger charge is 2.24. The van der Waals surface area contributed by atoms with Crippen LogP contribution in [0.25, 0.3) is 0 Å². The van der Waals surface area contributed by atoms with Crippen LogP contribution in [-0.4, -0.2) is 35.6 Å². The molecule has 1 heterocycles. The van der Waals surface area contributed by atoms with Crippen LogP contribution in [0.1, 0.15) is 21.5 Å². The van der Waals surface area contributed by atoms with Crippen LogP contribution in [0.2, 0.25) is 0 Å². The molecule has 2 aromatic carbocycles. The molecule has 1 aliphatic rings. The lowest BCUT2D eigenvalue weighted by molar-refractivity contribution is 0.0705. The molecule has 1 aliphatic heterocycles. The Morgan fingerprint density at radius 1 is 1.22 bits per heavy atom. The molecular weight excluding hydrogens is 297 g/mol. The van der Waals surface area contributed by atoms with Crippen molar-refractivity contribution in [3.8, 4) is 5.75 Å². The summed E-state index contributed by atoms with van der Waals surface area (Å²) in [5, 5.41) is 8.99. The number of hydrogen-bond acceptors (Lipinski definition) is 3. The summed E-state index contributed by atoms with van der Waals surface area (Å²) in [5.41, 5.74) is 2.36. The van der Waals surface area contributed by atoms with Crippen molar-refractivity contribution in [2.45, 2.75) is 13.0 Å². The van der Waals surface area contributed by atoms with E-state index in [0.717, 1.165) is 17.5 Å². The van der Waals surface area contributed by atoms with E-state index in [1.54, 1.807) is 29.2 Å². The van der Waals surface area contributed by atoms with Crippen LogP contribution >= 0.6 is 0 Å². The van der Waals surface area contributed by atoms with Gasteiger partial charge >= 0.3 is 0 Å². The normalized spacial score (nSPS) is 13.8. The third-order valence-corrected chi connectivity index (χ3v) is 3.91. The van der Waals surface area contributed by atoms with Crippen molar-refractivity contribution in [1.29, 1.82) is 0 Å². The van der Waals surface area contributed by atoms with Crippen LogP contribution in [0, 0.1) is 5.82 Å². The molecule has 0 saturated carbocycles. The van der Waals surface area contributed by atoms with Crippen molar-refractivity contribution in [2.24, 2.45) is 0 Å². The number of aliphatic hydroxyl groups excluding tert-OH is 1. The molecule has 2 aromatic rings. The minimum atomic E-state index is -0.286. The van der Waals surface area contributed by atoms with Crippen LogP contribution < -0.4 is 4.74 Å². The highest BCUT2D eigenvalue weighted by Crippen LogP contribution is 2.24. The largest absolute Gasteiger partial charge is 0.489 e. The number of β-amino-alcohol motifs (C(OH)–C–C–N with tert-alkyl or cyclic N) is 1. The van der Waals surface area contributed by atoms with Crippen LogP contribution in [0.15, 0.2) is 42.5 Å². The molecule has 4 nitrogen and oxygen atoms in total. The lowest BCUT2D eigenvalue weighted by atomic mass is 9.98. The molecule has 3 rings (SSSR count). The summed E-state index contributed by atoms with van der Waals surface area (Å²) >= 11 is 0. The van der Waals surface area contributed by atoms with Gasteiger partial charge in [-0.05, 0) is 47.9 Å². The first-order valence-corrected chi connectivity index (χ1v) is 7.57. The number of ether oxygens (including phenoxy) is 1. The van der Waals surface area contributed by atoms with E-state index in [0.29, 0.717) is 24.4 Å². The number of carbonyl (C=O) groups is 1. The lowest BCUT2D eigenvalue weighted by Crippen LogP contribution is -2.39. The molecule has 0 aliphatic carbocycles. The SMILES string of the molecule is O=C1c2ccc(OCc3cccc(F)c3)cc2CCN1CCO. The summed E-state index contributed by atoms with van der Waals surface area (Å²) in [4.78, 5) is 13.9. The maximum absolute atomic E-state index is 13.1. The van der Waals surface area contributed by atoms with Gasteiger partial charge in [-0.3, -0.25) is 4.79 Å². The second kappa shape index (κ2) is 6.79. The molecule has 1 N–H and O–H groups in total. The van der Waals surface area contributed by atoms with E-state index in [-0.39, 0.29) is 24.9 Å². The maximum atomic E-state index is 13.1. The Hall–Kier alpha value is -2.40. The van der Waals surface area contributed by atoms with Gasteiger partial charge in [0.1, 0.15) is 18.2 Å². The second-order valence-electron chi connectivity index (χ2n) is 5.50. The van der Waals surface area contributed by atoms with Crippen molar-refractivity contribution in [3.63, 3.8) is 0 Å². The molecule has 5 heteroatoms. The molecule has 23 heavy (non-hydrogen) atoms. The van der Waals surface area contributed by atoms with E-state index < -0.39 is 0 Å². The molecule has 0 saturated heterocycles. The van der Waals surface area contributed by atoms with Gasteiger partial charge in [-0.15, -0.1) is 0 Å². The Labute approximate surface area is 134 Å². The number of aliphatic hydroxyl groups is 1. The predicted molar refractivity (Wildman–Crippen MR) is 83.9 cm³/mol. The van der Waals surface area contributed by atoms with Gasteiger partial charge < -0.3 is 14.7 Å². The van der Waals surface area contributed by atoms with Crippen molar-refractivity contribution in [3.05, 3.63) is 65.0 Å². The zero-order valence-corrected chi connectivity index (χ0v) is 12.7. The zero-order chi connectivity index (χ0) is 16.2. The molecule has 0 unspecified atom stereocenters. The monoisotopic (exact) mass is 315 g/mol. The average molecular weight is 315 g/mol. The third-order valence-electron chi connectivity index (χ3n) is 3.91. The van der Waals surface area contributed by atoms with Crippen molar-refractivity contribution >= 4 is 5.91 Å². The number of amides is 1. The van der Waals surface area contributed by atoms with Gasteiger partial charge in [0.05, 0.1) is 6.61 Å². The molecule has 1 amide bonds. The first-order chi connectivity index (χ1) is 11.2. The van der Waals surface area contributed by atoms with E-state index in [2.05, 4.69) is 0 Å². The number of nitrogens with zero attached hydrogens (tertiary/aromatic N) is 1.